The molecule has 1 heterocycles. The molecule has 0 aliphatic rings. The van der Waals surface area contributed by atoms with Crippen LogP contribution in [0.1, 0.15) is 53.4 Å². The zero-order valence-electron chi connectivity index (χ0n) is 13.0. The van der Waals surface area contributed by atoms with Crippen LogP contribution >= 0.6 is 11.3 Å². The van der Waals surface area contributed by atoms with E-state index < -0.39 is 0 Å². The summed E-state index contributed by atoms with van der Waals surface area (Å²) in [4.78, 5) is 1.48. The molecule has 0 bridgehead atoms. The summed E-state index contributed by atoms with van der Waals surface area (Å²) in [5.74, 6) is 0. The van der Waals surface area contributed by atoms with Crippen LogP contribution in [0.4, 0.5) is 0 Å². The maximum atomic E-state index is 3.72. The zero-order chi connectivity index (χ0) is 14.5. The molecule has 20 heavy (non-hydrogen) atoms. The lowest BCUT2D eigenvalue weighted by Crippen LogP contribution is -2.23. The van der Waals surface area contributed by atoms with Gasteiger partial charge in [0.15, 0.2) is 0 Å². The third kappa shape index (κ3) is 3.31. The maximum absolute atomic E-state index is 3.72. The standard InChI is InChI=1S/C18H25NS/c1-5-10-19-17(18-15(6-2)9-11-20-18)16-8-7-13(3)14(4)12-16/h7-9,11-12,17,19H,5-6,10H2,1-4H3. The van der Waals surface area contributed by atoms with Crippen LogP contribution in [0.3, 0.4) is 0 Å². The van der Waals surface area contributed by atoms with Crippen molar-refractivity contribution in [1.29, 1.82) is 0 Å². The first kappa shape index (κ1) is 15.3. The van der Waals surface area contributed by atoms with Crippen LogP contribution in [0.2, 0.25) is 0 Å². The summed E-state index contributed by atoms with van der Waals surface area (Å²) in [6.07, 6.45) is 2.27. The van der Waals surface area contributed by atoms with Crippen molar-refractivity contribution in [2.45, 2.75) is 46.6 Å². The van der Waals surface area contributed by atoms with Crippen LogP contribution in [0.25, 0.3) is 0 Å². The van der Waals surface area contributed by atoms with Crippen LogP contribution in [0.5, 0.6) is 0 Å². The smallest absolute Gasteiger partial charge is 0.0673 e. The molecule has 1 atom stereocenters. The van der Waals surface area contributed by atoms with Crippen molar-refractivity contribution in [2.24, 2.45) is 0 Å². The van der Waals surface area contributed by atoms with Crippen molar-refractivity contribution < 1.29 is 0 Å². The molecular weight excluding hydrogens is 262 g/mol. The van der Waals surface area contributed by atoms with Crippen molar-refractivity contribution in [3.05, 3.63) is 56.8 Å². The molecule has 0 aliphatic heterocycles. The Morgan fingerprint density at radius 2 is 1.90 bits per heavy atom. The first-order valence-electron chi connectivity index (χ1n) is 7.54. The Hall–Kier alpha value is -1.12. The summed E-state index contributed by atoms with van der Waals surface area (Å²) < 4.78 is 0. The molecular formula is C18H25NS. The second kappa shape index (κ2) is 7.05. The molecule has 1 unspecified atom stereocenters. The minimum Gasteiger partial charge on any atom is -0.306 e. The molecule has 0 radical (unpaired) electrons. The summed E-state index contributed by atoms with van der Waals surface area (Å²) in [6.45, 7) is 9.89. The molecule has 0 saturated heterocycles. The molecule has 1 nitrogen and oxygen atoms in total. The quantitative estimate of drug-likeness (QED) is 0.787. The topological polar surface area (TPSA) is 12.0 Å². The van der Waals surface area contributed by atoms with E-state index in [9.17, 15) is 0 Å². The Morgan fingerprint density at radius 3 is 2.55 bits per heavy atom. The van der Waals surface area contributed by atoms with Gasteiger partial charge in [0.2, 0.25) is 0 Å². The second-order valence-corrected chi connectivity index (χ2v) is 6.34. The predicted molar refractivity (Wildman–Crippen MR) is 89.7 cm³/mol. The average molecular weight is 287 g/mol. The predicted octanol–water partition coefficient (Wildman–Crippen LogP) is 5.02. The first-order valence-corrected chi connectivity index (χ1v) is 8.42. The van der Waals surface area contributed by atoms with Gasteiger partial charge in [0.05, 0.1) is 6.04 Å². The monoisotopic (exact) mass is 287 g/mol. The summed E-state index contributed by atoms with van der Waals surface area (Å²) in [5, 5.41) is 5.94. The number of hydrogen-bond acceptors (Lipinski definition) is 2. The largest absolute Gasteiger partial charge is 0.306 e. The van der Waals surface area contributed by atoms with E-state index in [0.29, 0.717) is 6.04 Å². The van der Waals surface area contributed by atoms with Gasteiger partial charge >= 0.3 is 0 Å². The van der Waals surface area contributed by atoms with Crippen LogP contribution in [-0.2, 0) is 6.42 Å². The van der Waals surface area contributed by atoms with Gasteiger partial charge in [0, 0.05) is 4.88 Å². The molecule has 0 saturated carbocycles. The number of rotatable bonds is 6. The van der Waals surface area contributed by atoms with E-state index in [1.54, 1.807) is 0 Å². The molecule has 1 aromatic heterocycles. The molecule has 2 heteroatoms. The molecule has 1 N–H and O–H groups in total. The van der Waals surface area contributed by atoms with Crippen LogP contribution in [-0.4, -0.2) is 6.54 Å². The zero-order valence-corrected chi connectivity index (χ0v) is 13.8. The summed E-state index contributed by atoms with van der Waals surface area (Å²) in [5.41, 5.74) is 5.60. The normalized spacial score (nSPS) is 12.6. The Labute approximate surface area is 127 Å². The fourth-order valence-electron chi connectivity index (χ4n) is 2.49. The summed E-state index contributed by atoms with van der Waals surface area (Å²) in [6, 6.07) is 9.45. The number of aryl methyl sites for hydroxylation is 3. The van der Waals surface area contributed by atoms with Gasteiger partial charge in [-0.25, -0.2) is 0 Å². The summed E-state index contributed by atoms with van der Waals surface area (Å²) >= 11 is 1.88. The second-order valence-electron chi connectivity index (χ2n) is 5.39. The van der Waals surface area contributed by atoms with Crippen molar-refractivity contribution in [2.75, 3.05) is 6.54 Å². The molecule has 0 amide bonds. The molecule has 108 valence electrons. The molecule has 0 spiro atoms. The van der Waals surface area contributed by atoms with Gasteiger partial charge in [-0.3, -0.25) is 0 Å². The van der Waals surface area contributed by atoms with Gasteiger partial charge in [-0.05, 0) is 66.9 Å². The van der Waals surface area contributed by atoms with Gasteiger partial charge in [0.25, 0.3) is 0 Å². The maximum Gasteiger partial charge on any atom is 0.0673 e. The first-order chi connectivity index (χ1) is 9.67. The highest BCUT2D eigenvalue weighted by Gasteiger charge is 2.18. The highest BCUT2D eigenvalue weighted by atomic mass is 32.1. The Bertz CT molecular complexity index is 556. The van der Waals surface area contributed by atoms with E-state index in [4.69, 9.17) is 0 Å². The van der Waals surface area contributed by atoms with Gasteiger partial charge in [-0.15, -0.1) is 11.3 Å². The molecule has 2 aromatic rings. The van der Waals surface area contributed by atoms with Gasteiger partial charge < -0.3 is 5.32 Å². The van der Waals surface area contributed by atoms with Crippen molar-refractivity contribution in [3.63, 3.8) is 0 Å². The summed E-state index contributed by atoms with van der Waals surface area (Å²) in [7, 11) is 0. The van der Waals surface area contributed by atoms with E-state index in [2.05, 4.69) is 62.7 Å². The fourth-order valence-corrected chi connectivity index (χ4v) is 3.59. The number of hydrogen-bond donors (Lipinski definition) is 1. The highest BCUT2D eigenvalue weighted by molar-refractivity contribution is 7.10. The van der Waals surface area contributed by atoms with E-state index in [1.165, 1.54) is 27.1 Å². The van der Waals surface area contributed by atoms with Crippen LogP contribution in [0, 0.1) is 13.8 Å². The molecule has 0 fully saturated rings. The SMILES string of the molecule is CCCNC(c1ccc(C)c(C)c1)c1sccc1CC. The highest BCUT2D eigenvalue weighted by Crippen LogP contribution is 2.31. The van der Waals surface area contributed by atoms with Crippen molar-refractivity contribution in [1.82, 2.24) is 5.32 Å². The van der Waals surface area contributed by atoms with Crippen LogP contribution < -0.4 is 5.32 Å². The Kier molecular flexibility index (Phi) is 5.38. The Morgan fingerprint density at radius 1 is 1.10 bits per heavy atom. The van der Waals surface area contributed by atoms with Crippen LogP contribution in [0.15, 0.2) is 29.6 Å². The minimum atomic E-state index is 0.337. The van der Waals surface area contributed by atoms with Gasteiger partial charge in [-0.2, -0.15) is 0 Å². The molecule has 0 aliphatic carbocycles. The number of nitrogens with one attached hydrogen (secondary N) is 1. The van der Waals surface area contributed by atoms with Crippen molar-refractivity contribution >= 4 is 11.3 Å². The lowest BCUT2D eigenvalue weighted by atomic mass is 9.97. The number of thiophene rings is 1. The van der Waals surface area contributed by atoms with E-state index >= 15 is 0 Å². The minimum absolute atomic E-state index is 0.337. The fraction of sp³-hybridized carbons (Fsp3) is 0.444. The lowest BCUT2D eigenvalue weighted by molar-refractivity contribution is 0.602. The Balaban J connectivity index is 2.38. The lowest BCUT2D eigenvalue weighted by Gasteiger charge is -2.20. The van der Waals surface area contributed by atoms with Gasteiger partial charge in [0.1, 0.15) is 0 Å². The molecule has 2 rings (SSSR count). The molecule has 1 aromatic carbocycles. The van der Waals surface area contributed by atoms with Crippen molar-refractivity contribution in [3.8, 4) is 0 Å². The van der Waals surface area contributed by atoms with E-state index in [1.807, 2.05) is 11.3 Å². The number of benzene rings is 1. The van der Waals surface area contributed by atoms with Gasteiger partial charge in [-0.1, -0.05) is 32.0 Å². The third-order valence-corrected chi connectivity index (χ3v) is 4.91. The van der Waals surface area contributed by atoms with E-state index in [-0.39, 0.29) is 0 Å². The third-order valence-electron chi connectivity index (χ3n) is 3.89. The van der Waals surface area contributed by atoms with E-state index in [0.717, 1.165) is 19.4 Å². The average Bonchev–Trinajstić information content (AvgIpc) is 2.91.